The summed E-state index contributed by atoms with van der Waals surface area (Å²) in [6.07, 6.45) is 12.0. The van der Waals surface area contributed by atoms with Crippen LogP contribution >= 0.6 is 0 Å². The molecule has 9 heteroatoms. The summed E-state index contributed by atoms with van der Waals surface area (Å²) in [6, 6.07) is 1.81. The number of hydrogen-bond donors (Lipinski definition) is 0. The number of nitrogens with zero attached hydrogens (tertiary/aromatic N) is 5. The first-order valence-electron chi connectivity index (χ1n) is 12.7. The maximum atomic E-state index is 13.1. The third-order valence-electron chi connectivity index (χ3n) is 6.93. The molecule has 0 spiro atoms. The number of hydrogen-bond acceptors (Lipinski definition) is 7. The number of aromatic nitrogens is 1. The van der Waals surface area contributed by atoms with Gasteiger partial charge in [0.2, 0.25) is 5.91 Å². The summed E-state index contributed by atoms with van der Waals surface area (Å²) in [5, 5.41) is 0. The van der Waals surface area contributed by atoms with Crippen LogP contribution in [0.3, 0.4) is 0 Å². The zero-order chi connectivity index (χ0) is 24.2. The second-order valence-corrected chi connectivity index (χ2v) is 9.20. The van der Waals surface area contributed by atoms with Crippen LogP contribution in [0.5, 0.6) is 5.75 Å². The number of fused-ring (bicyclic) bond motifs is 2. The van der Waals surface area contributed by atoms with Crippen LogP contribution in [0.1, 0.15) is 49.4 Å². The molecule has 0 aliphatic carbocycles. The Morgan fingerprint density at radius 3 is 2.91 bits per heavy atom. The van der Waals surface area contributed by atoms with Crippen molar-refractivity contribution < 1.29 is 19.1 Å². The van der Waals surface area contributed by atoms with Gasteiger partial charge in [0.15, 0.2) is 11.6 Å². The lowest BCUT2D eigenvalue weighted by Gasteiger charge is -2.33. The molecule has 0 saturated carbocycles. The molecule has 4 aliphatic heterocycles. The fourth-order valence-electron chi connectivity index (χ4n) is 4.99. The second kappa shape index (κ2) is 10.6. The van der Waals surface area contributed by atoms with E-state index >= 15 is 0 Å². The molecule has 186 valence electrons. The number of ether oxygens (including phenoxy) is 2. The van der Waals surface area contributed by atoms with E-state index in [1.54, 1.807) is 23.4 Å². The summed E-state index contributed by atoms with van der Waals surface area (Å²) in [4.78, 5) is 41.0. The Kier molecular flexibility index (Phi) is 7.13. The van der Waals surface area contributed by atoms with Gasteiger partial charge in [-0.25, -0.2) is 4.98 Å². The Morgan fingerprint density at radius 2 is 2.09 bits per heavy atom. The van der Waals surface area contributed by atoms with Crippen LogP contribution in [0, 0.1) is 5.92 Å². The molecular formula is C26H33N5O4. The van der Waals surface area contributed by atoms with Gasteiger partial charge in [-0.2, -0.15) is 0 Å². The Balaban J connectivity index is 1.33. The van der Waals surface area contributed by atoms with Gasteiger partial charge in [0.05, 0.1) is 12.1 Å². The van der Waals surface area contributed by atoms with Crippen molar-refractivity contribution in [2.45, 2.75) is 39.0 Å². The number of pyridine rings is 1. The molecule has 0 N–H and O–H groups in total. The van der Waals surface area contributed by atoms with E-state index in [1.807, 2.05) is 24.0 Å². The van der Waals surface area contributed by atoms with Crippen molar-refractivity contribution in [3.63, 3.8) is 0 Å². The lowest BCUT2D eigenvalue weighted by Crippen LogP contribution is -2.39. The number of amidine groups is 1. The van der Waals surface area contributed by atoms with Gasteiger partial charge in [0.25, 0.3) is 5.91 Å². The number of amides is 2. The number of piperidine rings is 1. The normalized spacial score (nSPS) is 22.0. The molecule has 1 saturated heterocycles. The highest BCUT2D eigenvalue weighted by molar-refractivity contribution is 6.08. The fourth-order valence-corrected chi connectivity index (χ4v) is 4.99. The molecule has 1 aromatic heterocycles. The monoisotopic (exact) mass is 479 g/mol. The van der Waals surface area contributed by atoms with Crippen molar-refractivity contribution in [2.24, 2.45) is 10.9 Å². The minimum atomic E-state index is -0.0935. The molecule has 2 amide bonds. The highest BCUT2D eigenvalue weighted by Crippen LogP contribution is 2.34. The maximum Gasteiger partial charge on any atom is 0.255 e. The molecule has 0 aromatic carbocycles. The number of rotatable bonds is 6. The molecule has 1 unspecified atom stereocenters. The molecule has 0 bridgehead atoms. The zero-order valence-electron chi connectivity index (χ0n) is 20.3. The van der Waals surface area contributed by atoms with Gasteiger partial charge in [0, 0.05) is 62.9 Å². The van der Waals surface area contributed by atoms with Crippen LogP contribution in [0.25, 0.3) is 0 Å². The van der Waals surface area contributed by atoms with Gasteiger partial charge >= 0.3 is 0 Å². The topological polar surface area (TPSA) is 87.6 Å². The first kappa shape index (κ1) is 23.5. The molecule has 1 aromatic rings. The average molecular weight is 480 g/mol. The number of likely N-dealkylation sites (tertiary alicyclic amines) is 1. The lowest BCUT2D eigenvalue weighted by molar-refractivity contribution is -0.130. The molecule has 1 fully saturated rings. The van der Waals surface area contributed by atoms with Crippen LogP contribution in [0.15, 0.2) is 41.3 Å². The van der Waals surface area contributed by atoms with Crippen molar-refractivity contribution in [3.05, 3.63) is 41.9 Å². The van der Waals surface area contributed by atoms with Gasteiger partial charge < -0.3 is 19.3 Å². The Bertz CT molecular complexity index is 1060. The average Bonchev–Trinajstić information content (AvgIpc) is 3.06. The lowest BCUT2D eigenvalue weighted by atomic mass is 10.0. The van der Waals surface area contributed by atoms with Crippen LogP contribution in [-0.4, -0.2) is 78.4 Å². The Labute approximate surface area is 206 Å². The first-order valence-corrected chi connectivity index (χ1v) is 12.7. The van der Waals surface area contributed by atoms with Gasteiger partial charge in [-0.1, -0.05) is 0 Å². The summed E-state index contributed by atoms with van der Waals surface area (Å²) in [6.45, 7) is 6.49. The van der Waals surface area contributed by atoms with Crippen LogP contribution in [0.4, 0.5) is 5.82 Å². The smallest absolute Gasteiger partial charge is 0.255 e. The van der Waals surface area contributed by atoms with E-state index in [0.717, 1.165) is 38.0 Å². The van der Waals surface area contributed by atoms with Crippen molar-refractivity contribution in [3.8, 4) is 5.75 Å². The number of anilines is 1. The Morgan fingerprint density at radius 1 is 1.23 bits per heavy atom. The number of aliphatic imine (C=N–C) groups is 1. The van der Waals surface area contributed by atoms with Gasteiger partial charge in [-0.15, -0.1) is 0 Å². The van der Waals surface area contributed by atoms with Crippen molar-refractivity contribution in [1.29, 1.82) is 0 Å². The fraction of sp³-hybridized carbons (Fsp3) is 0.538. The predicted molar refractivity (Wildman–Crippen MR) is 132 cm³/mol. The minimum absolute atomic E-state index is 0.0124. The SMILES string of the molecule is CCOCCC1CCN=C2C=C(N3CCOc4cc(C(=O)N5CCCCC5)cnc43)C=CN2C1=O. The van der Waals surface area contributed by atoms with Gasteiger partial charge in [0.1, 0.15) is 12.4 Å². The van der Waals surface area contributed by atoms with E-state index in [0.29, 0.717) is 62.3 Å². The van der Waals surface area contributed by atoms with E-state index < -0.39 is 0 Å². The van der Waals surface area contributed by atoms with Gasteiger partial charge in [-0.05, 0) is 51.2 Å². The molecule has 5 heterocycles. The number of carbonyl (C=O) groups excluding carboxylic acids is 2. The molecule has 4 aliphatic rings. The van der Waals surface area contributed by atoms with E-state index in [1.165, 1.54) is 6.42 Å². The molecule has 9 nitrogen and oxygen atoms in total. The molecule has 0 radical (unpaired) electrons. The van der Waals surface area contributed by atoms with Crippen LogP contribution in [-0.2, 0) is 9.53 Å². The summed E-state index contributed by atoms with van der Waals surface area (Å²) in [7, 11) is 0. The predicted octanol–water partition coefficient (Wildman–Crippen LogP) is 2.99. The number of allylic oxidation sites excluding steroid dienone is 1. The van der Waals surface area contributed by atoms with Crippen LogP contribution in [0.2, 0.25) is 0 Å². The quantitative estimate of drug-likeness (QED) is 0.583. The summed E-state index contributed by atoms with van der Waals surface area (Å²) >= 11 is 0. The Hall–Kier alpha value is -3.20. The first-order chi connectivity index (χ1) is 17.2. The summed E-state index contributed by atoms with van der Waals surface area (Å²) < 4.78 is 11.4. The molecule has 35 heavy (non-hydrogen) atoms. The van der Waals surface area contributed by atoms with Crippen molar-refractivity contribution >= 4 is 23.5 Å². The summed E-state index contributed by atoms with van der Waals surface area (Å²) in [5.74, 6) is 1.91. The highest BCUT2D eigenvalue weighted by Gasteiger charge is 2.32. The summed E-state index contributed by atoms with van der Waals surface area (Å²) in [5.41, 5.74) is 1.45. The minimum Gasteiger partial charge on any atom is -0.488 e. The third kappa shape index (κ3) is 4.96. The highest BCUT2D eigenvalue weighted by atomic mass is 16.5. The largest absolute Gasteiger partial charge is 0.488 e. The van der Waals surface area contributed by atoms with E-state index in [4.69, 9.17) is 9.47 Å². The third-order valence-corrected chi connectivity index (χ3v) is 6.93. The molecule has 5 rings (SSSR count). The van der Waals surface area contributed by atoms with Gasteiger partial charge in [-0.3, -0.25) is 19.5 Å². The second-order valence-electron chi connectivity index (χ2n) is 9.20. The molecule has 1 atom stereocenters. The maximum absolute atomic E-state index is 13.1. The molecular weight excluding hydrogens is 446 g/mol. The van der Waals surface area contributed by atoms with E-state index in [9.17, 15) is 9.59 Å². The van der Waals surface area contributed by atoms with Crippen molar-refractivity contribution in [1.82, 2.24) is 14.8 Å². The van der Waals surface area contributed by atoms with Crippen molar-refractivity contribution in [2.75, 3.05) is 50.9 Å². The van der Waals surface area contributed by atoms with E-state index in [2.05, 4.69) is 14.9 Å². The zero-order valence-corrected chi connectivity index (χ0v) is 20.3. The van der Waals surface area contributed by atoms with Crippen LogP contribution < -0.4 is 9.64 Å². The van der Waals surface area contributed by atoms with E-state index in [-0.39, 0.29) is 17.7 Å². The number of carbonyl (C=O) groups is 2. The standard InChI is InChI=1S/C26H33N5O4/c1-2-34-14-8-19-6-9-27-23-17-21(7-12-31(23)26(19)33)30-13-15-35-22-16-20(18-28-24(22)30)25(32)29-10-4-3-5-11-29/h7,12,16-19H,2-6,8-11,13-15H2,1H3.